The van der Waals surface area contributed by atoms with Gasteiger partial charge < -0.3 is 19.8 Å². The summed E-state index contributed by atoms with van der Waals surface area (Å²) < 4.78 is 42.3. The molecular formula is C29H29F2N4O3P. The Labute approximate surface area is 227 Å². The van der Waals surface area contributed by atoms with E-state index >= 15 is 8.78 Å². The van der Waals surface area contributed by atoms with Crippen LogP contribution in [0.2, 0.25) is 0 Å². The molecule has 39 heavy (non-hydrogen) atoms. The van der Waals surface area contributed by atoms with E-state index in [-0.39, 0.29) is 28.8 Å². The second-order valence-electron chi connectivity index (χ2n) is 10.0. The van der Waals surface area contributed by atoms with E-state index < -0.39 is 24.3 Å². The normalized spacial score (nSPS) is 17.3. The van der Waals surface area contributed by atoms with Gasteiger partial charge in [-0.15, -0.1) is 18.8 Å². The number of hydrogen-bond acceptors (Lipinski definition) is 6. The number of rotatable bonds is 7. The molecule has 1 aromatic heterocycles. The maximum absolute atomic E-state index is 15.3. The summed E-state index contributed by atoms with van der Waals surface area (Å²) in [6, 6.07) is 19.4. The lowest BCUT2D eigenvalue weighted by Crippen LogP contribution is -2.43. The topological polar surface area (TPSA) is 94.5 Å². The summed E-state index contributed by atoms with van der Waals surface area (Å²) in [7, 11) is 0.522. The molecule has 0 saturated carbocycles. The summed E-state index contributed by atoms with van der Waals surface area (Å²) >= 11 is 0. The third-order valence-electron chi connectivity index (χ3n) is 6.82. The fraction of sp³-hybridized carbons (Fsp3) is 0.276. The molecule has 0 bridgehead atoms. The van der Waals surface area contributed by atoms with Crippen LogP contribution in [0, 0.1) is 0 Å². The van der Waals surface area contributed by atoms with E-state index in [9.17, 15) is 4.79 Å². The third kappa shape index (κ3) is 5.56. The van der Waals surface area contributed by atoms with Crippen molar-refractivity contribution in [2.75, 3.05) is 11.6 Å². The summed E-state index contributed by atoms with van der Waals surface area (Å²) in [5.41, 5.74) is 6.93. The number of amides is 1. The van der Waals surface area contributed by atoms with Crippen molar-refractivity contribution >= 4 is 20.2 Å². The van der Waals surface area contributed by atoms with Gasteiger partial charge in [0.05, 0.1) is 23.4 Å². The van der Waals surface area contributed by atoms with Gasteiger partial charge in [-0.2, -0.15) is 0 Å². The number of halogens is 2. The zero-order chi connectivity index (χ0) is 27.8. The Balaban J connectivity index is 1.49. The smallest absolute Gasteiger partial charge is 0.277 e. The number of hydrogen-bond donors (Lipinski definition) is 1. The molecular weight excluding hydrogens is 521 g/mol. The number of anilines is 1. The fourth-order valence-electron chi connectivity index (χ4n) is 4.32. The predicted octanol–water partition coefficient (Wildman–Crippen LogP) is 6.43. The minimum absolute atomic E-state index is 0.0454. The van der Waals surface area contributed by atoms with Gasteiger partial charge in [-0.3, -0.25) is 4.79 Å². The number of nitrogens with zero attached hydrogens (tertiary/aromatic N) is 3. The molecule has 0 fully saturated rings. The largest absolute Gasteiger partial charge is 0.457 e. The van der Waals surface area contributed by atoms with Crippen molar-refractivity contribution in [2.24, 2.45) is 5.73 Å². The van der Waals surface area contributed by atoms with Gasteiger partial charge in [-0.05, 0) is 62.5 Å². The van der Waals surface area contributed by atoms with Gasteiger partial charge in [0.25, 0.3) is 5.92 Å². The van der Waals surface area contributed by atoms with Gasteiger partial charge in [0, 0.05) is 17.5 Å². The fourth-order valence-corrected chi connectivity index (χ4v) is 4.64. The van der Waals surface area contributed by atoms with Crippen molar-refractivity contribution < 1.29 is 22.7 Å². The minimum atomic E-state index is -3.30. The first kappa shape index (κ1) is 26.9. The average molecular weight is 551 g/mol. The van der Waals surface area contributed by atoms with Gasteiger partial charge in [-0.25, -0.2) is 8.78 Å². The second-order valence-corrected chi connectivity index (χ2v) is 11.8. The molecule has 1 amide bonds. The summed E-state index contributed by atoms with van der Waals surface area (Å²) in [5, 5.41) is 8.02. The molecule has 10 heteroatoms. The van der Waals surface area contributed by atoms with Crippen molar-refractivity contribution in [3.8, 4) is 23.0 Å². The average Bonchev–Trinajstić information content (AvgIpc) is 3.42. The Morgan fingerprint density at radius 3 is 2.46 bits per heavy atom. The monoisotopic (exact) mass is 550 g/mol. The summed E-state index contributed by atoms with van der Waals surface area (Å²) in [4.78, 5) is 14.6. The van der Waals surface area contributed by atoms with Crippen molar-refractivity contribution in [1.29, 1.82) is 0 Å². The molecule has 2 atom stereocenters. The van der Waals surface area contributed by atoms with E-state index in [1.54, 1.807) is 24.3 Å². The van der Waals surface area contributed by atoms with Gasteiger partial charge in [-0.1, -0.05) is 36.4 Å². The molecule has 0 radical (unpaired) electrons. The number of carbonyl (C=O) groups is 1. The Morgan fingerprint density at radius 2 is 1.77 bits per heavy atom. The molecule has 5 rings (SSSR count). The molecule has 7 nitrogen and oxygen atoms in total. The minimum Gasteiger partial charge on any atom is -0.457 e. The molecule has 0 spiro atoms. The van der Waals surface area contributed by atoms with Gasteiger partial charge in [0.15, 0.2) is 0 Å². The van der Waals surface area contributed by atoms with Crippen LogP contribution in [-0.2, 0) is 22.4 Å². The number of nitrogens with two attached hydrogens (primary N) is 1. The van der Waals surface area contributed by atoms with Crippen LogP contribution in [0.5, 0.6) is 11.5 Å². The van der Waals surface area contributed by atoms with Gasteiger partial charge >= 0.3 is 0 Å². The molecule has 2 heterocycles. The summed E-state index contributed by atoms with van der Waals surface area (Å²) in [6.07, 6.45) is -0.783. The van der Waals surface area contributed by atoms with Crippen LogP contribution in [0.1, 0.15) is 37.3 Å². The maximum atomic E-state index is 15.3. The number of benzene rings is 3. The first-order valence-electron chi connectivity index (χ1n) is 12.5. The number of aromatic nitrogens is 2. The highest BCUT2D eigenvalue weighted by Crippen LogP contribution is 2.44. The van der Waals surface area contributed by atoms with Crippen LogP contribution >= 0.6 is 8.58 Å². The van der Waals surface area contributed by atoms with Crippen molar-refractivity contribution in [3.05, 3.63) is 89.8 Å². The molecule has 2 N–H and O–H groups in total. The standard InChI is InChI=1S/C29H29F2N4O3P/c1-28(2,39-3)27-34-33-25(38-27)19-11-14-22-24(15-19)35(26(36)23(32)16-29(22,30)31)17-18-9-12-21(13-10-18)37-20-7-5-4-6-8-20/h4-15,23,39H,16-17,32H2,1-3H3. The lowest BCUT2D eigenvalue weighted by Gasteiger charge is -2.25. The third-order valence-corrected chi connectivity index (χ3v) is 8.28. The first-order valence-corrected chi connectivity index (χ1v) is 14.0. The second kappa shape index (κ2) is 10.5. The predicted molar refractivity (Wildman–Crippen MR) is 148 cm³/mol. The molecule has 202 valence electrons. The van der Waals surface area contributed by atoms with Crippen LogP contribution in [-0.4, -0.2) is 28.8 Å². The molecule has 4 aromatic rings. The molecule has 1 aliphatic rings. The SMILES string of the molecule is CPC(C)(C)c1nnc(-c2ccc3c(c2)N(Cc2ccc(Oc4ccccc4)cc2)C(=O)C(N)CC3(F)F)o1. The Morgan fingerprint density at radius 1 is 1.08 bits per heavy atom. The first-order chi connectivity index (χ1) is 18.6. The molecule has 2 unspecified atom stereocenters. The number of alkyl halides is 2. The van der Waals surface area contributed by atoms with Crippen LogP contribution < -0.4 is 15.4 Å². The zero-order valence-corrected chi connectivity index (χ0v) is 22.8. The lowest BCUT2D eigenvalue weighted by atomic mass is 10.00. The van der Waals surface area contributed by atoms with Gasteiger partial charge in [0.1, 0.15) is 11.5 Å². The van der Waals surface area contributed by atoms with E-state index in [1.807, 2.05) is 50.8 Å². The lowest BCUT2D eigenvalue weighted by molar-refractivity contribution is -0.122. The highest BCUT2D eigenvalue weighted by Gasteiger charge is 2.44. The van der Waals surface area contributed by atoms with Crippen LogP contribution in [0.3, 0.4) is 0 Å². The number of fused-ring (bicyclic) bond motifs is 1. The van der Waals surface area contributed by atoms with E-state index in [1.165, 1.54) is 23.1 Å². The number of carbonyl (C=O) groups excluding carboxylic acids is 1. The highest BCUT2D eigenvalue weighted by molar-refractivity contribution is 7.38. The van der Waals surface area contributed by atoms with Crippen LogP contribution in [0.4, 0.5) is 14.5 Å². The Bertz CT molecular complexity index is 1480. The number of para-hydroxylation sites is 1. The Kier molecular flexibility index (Phi) is 7.23. The highest BCUT2D eigenvalue weighted by atomic mass is 31.1. The maximum Gasteiger partial charge on any atom is 0.277 e. The summed E-state index contributed by atoms with van der Waals surface area (Å²) in [6.45, 7) is 6.09. The zero-order valence-electron chi connectivity index (χ0n) is 21.8. The van der Waals surface area contributed by atoms with E-state index in [0.29, 0.717) is 31.5 Å². The molecule has 0 aliphatic carbocycles. The number of ether oxygens (including phenoxy) is 1. The Hall–Kier alpha value is -3.68. The van der Waals surface area contributed by atoms with Gasteiger partial charge in [0.2, 0.25) is 17.7 Å². The van der Waals surface area contributed by atoms with Crippen molar-refractivity contribution in [2.45, 2.75) is 43.9 Å². The van der Waals surface area contributed by atoms with Crippen LogP contribution in [0.25, 0.3) is 11.5 Å². The van der Waals surface area contributed by atoms with Crippen molar-refractivity contribution in [3.63, 3.8) is 0 Å². The molecule has 1 aliphatic heterocycles. The van der Waals surface area contributed by atoms with Crippen molar-refractivity contribution in [1.82, 2.24) is 10.2 Å². The quantitative estimate of drug-likeness (QED) is 0.267. The van der Waals surface area contributed by atoms with E-state index in [2.05, 4.69) is 10.2 Å². The van der Waals surface area contributed by atoms with E-state index in [4.69, 9.17) is 14.9 Å². The molecule has 3 aromatic carbocycles. The van der Waals surface area contributed by atoms with E-state index in [0.717, 1.165) is 5.56 Å². The molecule has 0 saturated heterocycles. The summed E-state index contributed by atoms with van der Waals surface area (Å²) in [5.74, 6) is -1.92. The van der Waals surface area contributed by atoms with Crippen LogP contribution in [0.15, 0.2) is 77.2 Å².